The number of hydrogen-bond donors (Lipinski definition) is 0. The minimum Gasteiger partial charge on any atom is -0.300 e. The summed E-state index contributed by atoms with van der Waals surface area (Å²) >= 11 is 3.17. The summed E-state index contributed by atoms with van der Waals surface area (Å²) in [6.07, 6.45) is 1.35. The lowest BCUT2D eigenvalue weighted by atomic mass is 10.2. The maximum absolute atomic E-state index is 10.4. The van der Waals surface area contributed by atoms with Gasteiger partial charge in [0.25, 0.3) is 0 Å². The third-order valence-corrected chi connectivity index (χ3v) is 1.16. The summed E-state index contributed by atoms with van der Waals surface area (Å²) in [4.78, 5) is 10.4. The summed E-state index contributed by atoms with van der Waals surface area (Å²) in [5.74, 6) is 0.330. The van der Waals surface area contributed by atoms with E-state index in [-0.39, 0.29) is 0 Å². The van der Waals surface area contributed by atoms with Crippen molar-refractivity contribution in [3.05, 3.63) is 0 Å². The van der Waals surface area contributed by atoms with Crippen LogP contribution < -0.4 is 0 Å². The van der Waals surface area contributed by atoms with Crippen LogP contribution in [0.15, 0.2) is 0 Å². The monoisotopic (exact) mass is 164 g/mol. The van der Waals surface area contributed by atoms with Gasteiger partial charge in [-0.05, 0) is 0 Å². The molecule has 0 rings (SSSR count). The molecule has 0 spiro atoms. The van der Waals surface area contributed by atoms with Crippen LogP contribution in [0.25, 0.3) is 0 Å². The molecule has 0 unspecified atom stereocenters. The summed E-state index contributed by atoms with van der Waals surface area (Å²) in [5, 5.41) is 0.805. The van der Waals surface area contributed by atoms with Crippen molar-refractivity contribution in [1.29, 1.82) is 0 Å². The Morgan fingerprint density at radius 3 is 2.43 bits per heavy atom. The van der Waals surface area contributed by atoms with E-state index >= 15 is 0 Å². The molecule has 0 saturated carbocycles. The Morgan fingerprint density at radius 2 is 2.29 bits per heavy atom. The van der Waals surface area contributed by atoms with Gasteiger partial charge in [0.15, 0.2) is 0 Å². The molecule has 0 aliphatic rings. The van der Waals surface area contributed by atoms with Crippen molar-refractivity contribution in [2.24, 2.45) is 0 Å². The number of hydrogen-bond acceptors (Lipinski definition) is 1. The third-order valence-electron chi connectivity index (χ3n) is 0.768. The Morgan fingerprint density at radius 1 is 1.71 bits per heavy atom. The summed E-state index contributed by atoms with van der Waals surface area (Å²) in [5.41, 5.74) is 0. The molecule has 0 heterocycles. The summed E-state index contributed by atoms with van der Waals surface area (Å²) in [6.45, 7) is 1.88. The van der Waals surface area contributed by atoms with Crippen LogP contribution in [0, 0.1) is 0 Å². The largest absolute Gasteiger partial charge is 0.300 e. The Bertz CT molecular complexity index is 61.1. The first-order valence-corrected chi connectivity index (χ1v) is 3.51. The Labute approximate surface area is 52.2 Å². The lowest BCUT2D eigenvalue weighted by Gasteiger charge is -1.86. The van der Waals surface area contributed by atoms with Crippen LogP contribution in [0.1, 0.15) is 19.8 Å². The molecule has 7 heavy (non-hydrogen) atoms. The molecule has 0 bridgehead atoms. The molecule has 0 amide bonds. The third kappa shape index (κ3) is 3.99. The zero-order valence-corrected chi connectivity index (χ0v) is 5.99. The number of ketones is 1. The molecule has 0 aromatic carbocycles. The minimum atomic E-state index is 0.330. The van der Waals surface area contributed by atoms with Gasteiger partial charge in [-0.3, -0.25) is 4.79 Å². The first-order chi connectivity index (χ1) is 3.31. The molecular formula is C5H9BrO. The minimum absolute atomic E-state index is 0.330. The zero-order chi connectivity index (χ0) is 5.70. The van der Waals surface area contributed by atoms with Gasteiger partial charge >= 0.3 is 0 Å². The van der Waals surface area contributed by atoms with Crippen LogP contribution in [0.4, 0.5) is 0 Å². The van der Waals surface area contributed by atoms with Crippen molar-refractivity contribution in [3.63, 3.8) is 0 Å². The van der Waals surface area contributed by atoms with E-state index in [0.717, 1.165) is 5.33 Å². The highest BCUT2D eigenvalue weighted by Gasteiger charge is 1.92. The second-order valence-electron chi connectivity index (χ2n) is 1.33. The maximum atomic E-state index is 10.4. The van der Waals surface area contributed by atoms with Gasteiger partial charge in [-0.15, -0.1) is 0 Å². The van der Waals surface area contributed by atoms with E-state index in [1.807, 2.05) is 6.92 Å². The van der Waals surface area contributed by atoms with Crippen LogP contribution in [-0.4, -0.2) is 11.1 Å². The van der Waals surface area contributed by atoms with Gasteiger partial charge in [0.1, 0.15) is 5.78 Å². The van der Waals surface area contributed by atoms with Crippen LogP contribution in [0.5, 0.6) is 0 Å². The summed E-state index contributed by atoms with van der Waals surface area (Å²) in [6, 6.07) is 0. The molecule has 0 aliphatic heterocycles. The predicted octanol–water partition coefficient (Wildman–Crippen LogP) is 1.75. The second kappa shape index (κ2) is 4.31. The quantitative estimate of drug-likeness (QED) is 0.582. The van der Waals surface area contributed by atoms with Gasteiger partial charge < -0.3 is 0 Å². The molecule has 0 fully saturated rings. The highest BCUT2D eigenvalue weighted by Crippen LogP contribution is 1.91. The van der Waals surface area contributed by atoms with Gasteiger partial charge in [-0.1, -0.05) is 22.9 Å². The molecule has 0 saturated heterocycles. The normalized spacial score (nSPS) is 8.86. The highest BCUT2D eigenvalue weighted by atomic mass is 79.9. The molecular weight excluding hydrogens is 156 g/mol. The Kier molecular flexibility index (Phi) is 4.41. The van der Waals surface area contributed by atoms with Crippen molar-refractivity contribution < 1.29 is 4.79 Å². The smallest absolute Gasteiger partial charge is 0.133 e. The van der Waals surface area contributed by atoms with Crippen molar-refractivity contribution in [2.75, 3.05) is 5.33 Å². The average Bonchev–Trinajstić information content (AvgIpc) is 1.68. The highest BCUT2D eigenvalue weighted by molar-refractivity contribution is 9.09. The van der Waals surface area contributed by atoms with E-state index in [1.165, 1.54) is 0 Å². The first kappa shape index (κ1) is 7.15. The number of Topliss-reactive ketones (excluding diaryl/α,β-unsaturated/α-hetero) is 1. The van der Waals surface area contributed by atoms with E-state index in [2.05, 4.69) is 15.9 Å². The molecule has 2 heteroatoms. The van der Waals surface area contributed by atoms with Gasteiger partial charge in [-0.25, -0.2) is 0 Å². The van der Waals surface area contributed by atoms with Gasteiger partial charge in [0, 0.05) is 18.2 Å². The van der Waals surface area contributed by atoms with Crippen LogP contribution in [-0.2, 0) is 4.79 Å². The summed E-state index contributed by atoms with van der Waals surface area (Å²) < 4.78 is 0. The van der Waals surface area contributed by atoms with Gasteiger partial charge in [0.05, 0.1) is 0 Å². The predicted molar refractivity (Wildman–Crippen MR) is 33.7 cm³/mol. The van der Waals surface area contributed by atoms with Gasteiger partial charge in [-0.2, -0.15) is 0 Å². The van der Waals surface area contributed by atoms with E-state index < -0.39 is 0 Å². The second-order valence-corrected chi connectivity index (χ2v) is 2.12. The molecule has 0 aromatic rings. The van der Waals surface area contributed by atoms with Crippen molar-refractivity contribution in [3.8, 4) is 0 Å². The fourth-order valence-electron chi connectivity index (χ4n) is 0.282. The van der Waals surface area contributed by atoms with Crippen LogP contribution in [0.2, 0.25) is 0 Å². The lowest BCUT2D eigenvalue weighted by molar-refractivity contribution is -0.118. The van der Waals surface area contributed by atoms with Gasteiger partial charge in [0.2, 0.25) is 0 Å². The van der Waals surface area contributed by atoms with Crippen molar-refractivity contribution in [2.45, 2.75) is 19.8 Å². The molecule has 42 valence electrons. The zero-order valence-electron chi connectivity index (χ0n) is 4.41. The maximum Gasteiger partial charge on any atom is 0.133 e. The first-order valence-electron chi connectivity index (χ1n) is 2.39. The standard InChI is InChI=1S/C5H9BrO/c1-2-5(7)3-4-6/h2-4H2,1H3. The number of carbonyl (C=O) groups excluding carboxylic acids is 1. The van der Waals surface area contributed by atoms with Crippen LogP contribution in [0.3, 0.4) is 0 Å². The van der Waals surface area contributed by atoms with Crippen LogP contribution >= 0.6 is 15.9 Å². The molecule has 0 radical (unpaired) electrons. The van der Waals surface area contributed by atoms with Crippen molar-refractivity contribution >= 4 is 21.7 Å². The molecule has 1 nitrogen and oxygen atoms in total. The Balaban J connectivity index is 3.00. The molecule has 0 aromatic heterocycles. The molecule has 0 aliphatic carbocycles. The lowest BCUT2D eigenvalue weighted by Crippen LogP contribution is -1.93. The van der Waals surface area contributed by atoms with E-state index in [9.17, 15) is 4.79 Å². The number of alkyl halides is 1. The number of halogens is 1. The molecule has 0 N–H and O–H groups in total. The number of carbonyl (C=O) groups is 1. The summed E-state index contributed by atoms with van der Waals surface area (Å²) in [7, 11) is 0. The fourth-order valence-corrected chi connectivity index (χ4v) is 0.724. The van der Waals surface area contributed by atoms with E-state index in [4.69, 9.17) is 0 Å². The Hall–Kier alpha value is 0.150. The average molecular weight is 165 g/mol. The fraction of sp³-hybridized carbons (Fsp3) is 0.800. The van der Waals surface area contributed by atoms with Crippen molar-refractivity contribution in [1.82, 2.24) is 0 Å². The topological polar surface area (TPSA) is 17.1 Å². The van der Waals surface area contributed by atoms with E-state index in [1.54, 1.807) is 0 Å². The molecule has 0 atom stereocenters. The number of rotatable bonds is 3. The van der Waals surface area contributed by atoms with E-state index in [0.29, 0.717) is 18.6 Å². The SMILES string of the molecule is CCC(=O)CCBr.